The van der Waals surface area contributed by atoms with Crippen LogP contribution in [0.3, 0.4) is 0 Å². The largest absolute Gasteiger partial charge is 0.377 e. The Bertz CT molecular complexity index is 131. The standard InChI is InChI=1S/C8H16FNO/c1-7-8(2,3-6-11-7)10-5-4-9/h7,10H,3-6H2,1-2H3. The summed E-state index contributed by atoms with van der Waals surface area (Å²) in [5.74, 6) is 0. The van der Waals surface area contributed by atoms with Gasteiger partial charge in [-0.05, 0) is 20.3 Å². The van der Waals surface area contributed by atoms with Gasteiger partial charge >= 0.3 is 0 Å². The van der Waals surface area contributed by atoms with Gasteiger partial charge < -0.3 is 10.1 Å². The van der Waals surface area contributed by atoms with Gasteiger partial charge in [0.25, 0.3) is 0 Å². The van der Waals surface area contributed by atoms with Crippen LogP contribution in [0.15, 0.2) is 0 Å². The lowest BCUT2D eigenvalue weighted by molar-refractivity contribution is 0.0882. The lowest BCUT2D eigenvalue weighted by atomic mass is 9.95. The summed E-state index contributed by atoms with van der Waals surface area (Å²) in [5.41, 5.74) is -0.00785. The van der Waals surface area contributed by atoms with Gasteiger partial charge in [0.15, 0.2) is 0 Å². The molecule has 0 aromatic carbocycles. The van der Waals surface area contributed by atoms with E-state index in [-0.39, 0.29) is 18.3 Å². The molecule has 1 fully saturated rings. The average molecular weight is 161 g/mol. The monoisotopic (exact) mass is 161 g/mol. The molecular formula is C8H16FNO. The van der Waals surface area contributed by atoms with E-state index in [1.165, 1.54) is 0 Å². The van der Waals surface area contributed by atoms with Crippen molar-refractivity contribution < 1.29 is 9.13 Å². The van der Waals surface area contributed by atoms with Gasteiger partial charge in [0.2, 0.25) is 0 Å². The van der Waals surface area contributed by atoms with E-state index in [0.29, 0.717) is 6.54 Å². The molecule has 1 aliphatic rings. The van der Waals surface area contributed by atoms with E-state index >= 15 is 0 Å². The molecule has 0 saturated carbocycles. The molecule has 1 heterocycles. The maximum absolute atomic E-state index is 11.8. The predicted molar refractivity (Wildman–Crippen MR) is 42.4 cm³/mol. The molecule has 0 aromatic heterocycles. The number of nitrogens with one attached hydrogen (secondary N) is 1. The summed E-state index contributed by atoms with van der Waals surface area (Å²) in [7, 11) is 0. The summed E-state index contributed by atoms with van der Waals surface area (Å²) in [6, 6.07) is 0. The van der Waals surface area contributed by atoms with E-state index in [1.807, 2.05) is 6.92 Å². The van der Waals surface area contributed by atoms with E-state index in [9.17, 15) is 4.39 Å². The second kappa shape index (κ2) is 3.50. The summed E-state index contributed by atoms with van der Waals surface area (Å²) in [5, 5.41) is 3.16. The Morgan fingerprint density at radius 1 is 1.73 bits per heavy atom. The molecule has 2 nitrogen and oxygen atoms in total. The summed E-state index contributed by atoms with van der Waals surface area (Å²) < 4.78 is 17.2. The zero-order valence-electron chi connectivity index (χ0n) is 7.19. The quantitative estimate of drug-likeness (QED) is 0.669. The minimum atomic E-state index is -0.303. The van der Waals surface area contributed by atoms with Crippen molar-refractivity contribution in [3.8, 4) is 0 Å². The van der Waals surface area contributed by atoms with Crippen LogP contribution in [0.5, 0.6) is 0 Å². The molecule has 11 heavy (non-hydrogen) atoms. The van der Waals surface area contributed by atoms with Gasteiger partial charge in [0.05, 0.1) is 6.10 Å². The fourth-order valence-corrected chi connectivity index (χ4v) is 1.40. The van der Waals surface area contributed by atoms with Crippen molar-refractivity contribution in [3.63, 3.8) is 0 Å². The molecule has 0 aliphatic carbocycles. The Hall–Kier alpha value is -0.150. The highest BCUT2D eigenvalue weighted by Gasteiger charge is 2.35. The van der Waals surface area contributed by atoms with Crippen LogP contribution in [0, 0.1) is 0 Å². The molecule has 2 unspecified atom stereocenters. The van der Waals surface area contributed by atoms with Crippen molar-refractivity contribution in [3.05, 3.63) is 0 Å². The van der Waals surface area contributed by atoms with Gasteiger partial charge in [-0.15, -0.1) is 0 Å². The molecule has 0 radical (unpaired) electrons. The molecule has 1 N–H and O–H groups in total. The number of hydrogen-bond donors (Lipinski definition) is 1. The maximum atomic E-state index is 11.8. The molecular weight excluding hydrogens is 145 g/mol. The highest BCUT2D eigenvalue weighted by Crippen LogP contribution is 2.24. The molecule has 0 amide bonds. The summed E-state index contributed by atoms with van der Waals surface area (Å²) in [6.07, 6.45) is 1.18. The van der Waals surface area contributed by atoms with Crippen LogP contribution in [0.4, 0.5) is 4.39 Å². The highest BCUT2D eigenvalue weighted by molar-refractivity contribution is 4.93. The zero-order chi connectivity index (χ0) is 8.32. The highest BCUT2D eigenvalue weighted by atomic mass is 19.1. The first-order valence-corrected chi connectivity index (χ1v) is 4.11. The van der Waals surface area contributed by atoms with E-state index < -0.39 is 0 Å². The van der Waals surface area contributed by atoms with Gasteiger partial charge in [0.1, 0.15) is 6.67 Å². The first kappa shape index (κ1) is 8.94. The van der Waals surface area contributed by atoms with Gasteiger partial charge in [-0.2, -0.15) is 0 Å². The first-order chi connectivity index (χ1) is 5.19. The smallest absolute Gasteiger partial charge is 0.102 e. The molecule has 0 bridgehead atoms. The van der Waals surface area contributed by atoms with Crippen molar-refractivity contribution in [2.24, 2.45) is 0 Å². The molecule has 1 aliphatic heterocycles. The van der Waals surface area contributed by atoms with Crippen LogP contribution in [0.25, 0.3) is 0 Å². The normalized spacial score (nSPS) is 37.9. The number of hydrogen-bond acceptors (Lipinski definition) is 2. The van der Waals surface area contributed by atoms with Crippen LogP contribution >= 0.6 is 0 Å². The second-order valence-electron chi connectivity index (χ2n) is 3.30. The van der Waals surface area contributed by atoms with Crippen molar-refractivity contribution in [1.29, 1.82) is 0 Å². The third-order valence-electron chi connectivity index (χ3n) is 2.51. The lowest BCUT2D eigenvalue weighted by Gasteiger charge is -2.28. The average Bonchev–Trinajstić information content (AvgIpc) is 2.30. The molecule has 2 atom stereocenters. The van der Waals surface area contributed by atoms with E-state index in [1.54, 1.807) is 0 Å². The first-order valence-electron chi connectivity index (χ1n) is 4.11. The molecule has 3 heteroatoms. The van der Waals surface area contributed by atoms with Gasteiger partial charge in [-0.1, -0.05) is 0 Å². The minimum absolute atomic E-state index is 0.00785. The van der Waals surface area contributed by atoms with Crippen molar-refractivity contribution in [1.82, 2.24) is 5.32 Å². The van der Waals surface area contributed by atoms with Gasteiger partial charge in [-0.3, -0.25) is 0 Å². The molecule has 1 saturated heterocycles. The number of rotatable bonds is 3. The van der Waals surface area contributed by atoms with Crippen LogP contribution < -0.4 is 5.32 Å². The van der Waals surface area contributed by atoms with Gasteiger partial charge in [0, 0.05) is 18.7 Å². The summed E-state index contributed by atoms with van der Waals surface area (Å²) in [4.78, 5) is 0. The van der Waals surface area contributed by atoms with Crippen molar-refractivity contribution in [2.75, 3.05) is 19.8 Å². The summed E-state index contributed by atoms with van der Waals surface area (Å²) >= 11 is 0. The topological polar surface area (TPSA) is 21.3 Å². The Morgan fingerprint density at radius 3 is 2.91 bits per heavy atom. The third-order valence-corrected chi connectivity index (χ3v) is 2.51. The fraction of sp³-hybridized carbons (Fsp3) is 1.00. The van der Waals surface area contributed by atoms with Crippen LogP contribution in [-0.2, 0) is 4.74 Å². The SMILES string of the molecule is CC1OCCC1(C)NCCF. The Morgan fingerprint density at radius 2 is 2.45 bits per heavy atom. The molecule has 0 aromatic rings. The Balaban J connectivity index is 2.38. The van der Waals surface area contributed by atoms with Crippen molar-refractivity contribution in [2.45, 2.75) is 31.9 Å². The number of alkyl halides is 1. The number of ether oxygens (including phenoxy) is 1. The van der Waals surface area contributed by atoms with Crippen LogP contribution in [-0.4, -0.2) is 31.5 Å². The Kier molecular flexibility index (Phi) is 2.84. The minimum Gasteiger partial charge on any atom is -0.377 e. The fourth-order valence-electron chi connectivity index (χ4n) is 1.40. The van der Waals surface area contributed by atoms with Crippen LogP contribution in [0.2, 0.25) is 0 Å². The lowest BCUT2D eigenvalue weighted by Crippen LogP contribution is -2.48. The number of halogens is 1. The maximum Gasteiger partial charge on any atom is 0.102 e. The predicted octanol–water partition coefficient (Wildman–Crippen LogP) is 1.11. The summed E-state index contributed by atoms with van der Waals surface area (Å²) in [6.45, 7) is 5.03. The van der Waals surface area contributed by atoms with E-state index in [4.69, 9.17) is 4.74 Å². The molecule has 0 spiro atoms. The molecule has 1 rings (SSSR count). The third kappa shape index (κ3) is 1.91. The Labute approximate surface area is 67.1 Å². The van der Waals surface area contributed by atoms with E-state index in [0.717, 1.165) is 13.0 Å². The van der Waals surface area contributed by atoms with Crippen LogP contribution in [0.1, 0.15) is 20.3 Å². The van der Waals surface area contributed by atoms with Crippen molar-refractivity contribution >= 4 is 0 Å². The zero-order valence-corrected chi connectivity index (χ0v) is 7.19. The van der Waals surface area contributed by atoms with Gasteiger partial charge in [-0.25, -0.2) is 4.39 Å². The molecule has 66 valence electrons. The van der Waals surface area contributed by atoms with E-state index in [2.05, 4.69) is 12.2 Å². The second-order valence-corrected chi connectivity index (χ2v) is 3.30.